The fourth-order valence-corrected chi connectivity index (χ4v) is 12.9. The highest BCUT2D eigenvalue weighted by Gasteiger charge is 2.73. The van der Waals surface area contributed by atoms with Gasteiger partial charge in [0.1, 0.15) is 23.9 Å². The molecular formula is C36H68N3O8SSi2+. The third kappa shape index (κ3) is 7.68. The fourth-order valence-electron chi connectivity index (χ4n) is 9.58. The molecule has 4 fully saturated rings. The summed E-state index contributed by atoms with van der Waals surface area (Å²) >= 11 is 1.59. The van der Waals surface area contributed by atoms with Crippen LogP contribution in [0.3, 0.4) is 0 Å². The number of nitrogens with zero attached hydrogens (tertiary/aromatic N) is 1. The van der Waals surface area contributed by atoms with Crippen LogP contribution in [-0.4, -0.2) is 118 Å². The first-order valence-corrected chi connectivity index (χ1v) is 26.7. The Morgan fingerprint density at radius 3 is 2.20 bits per heavy atom. The number of carbonyl (C=O) groups is 1. The molecule has 0 saturated carbocycles. The van der Waals surface area contributed by atoms with Crippen LogP contribution in [0.15, 0.2) is 0 Å². The standard InChI is InChI=1S/C36H67N3O8SSi2/c1-16-26-35(7)29-24(19-48-33(37)38-29)36(47-35)20(2)18-34(6,46-36)30(22(4)27(44-49(10,11)12)23(5)31(40)42-26)43-32-28(45-50(13,14)15)25(39(8)9)17-21(3)41-32/h20-30,32H,16-19H2,1-15H3,(H2,37,38)/p+1/t20-,21-,22+,23-,24?,25+,26-,27+,28-,29?,30-,32?,34-,35?,36?/m1/s1. The molecule has 11 nitrogen and oxygen atoms in total. The summed E-state index contributed by atoms with van der Waals surface area (Å²) in [4.78, 5) is 20.2. The highest BCUT2D eigenvalue weighted by molar-refractivity contribution is 8.13. The van der Waals surface area contributed by atoms with E-state index in [1.54, 1.807) is 11.8 Å². The number of cyclic esters (lactones) is 1. The summed E-state index contributed by atoms with van der Waals surface area (Å²) in [5, 5.41) is 0.649. The number of ether oxygens (including phenoxy) is 5. The zero-order valence-corrected chi connectivity index (χ0v) is 36.3. The van der Waals surface area contributed by atoms with E-state index in [1.807, 2.05) is 13.8 Å². The van der Waals surface area contributed by atoms with Gasteiger partial charge in [-0.05, 0) is 112 Å². The number of rotatable bonds is 8. The number of esters is 1. The van der Waals surface area contributed by atoms with E-state index >= 15 is 0 Å². The lowest BCUT2D eigenvalue weighted by Crippen LogP contribution is -2.89. The molecule has 5 heterocycles. The highest BCUT2D eigenvalue weighted by atomic mass is 32.2. The van der Waals surface area contributed by atoms with Crippen molar-refractivity contribution in [2.75, 3.05) is 19.8 Å². The molecule has 3 bridgehead atoms. The molecule has 50 heavy (non-hydrogen) atoms. The number of hydrogen-bond acceptors (Lipinski definition) is 11. The number of hydrogen-bond donors (Lipinski definition) is 2. The Hall–Kier alpha value is -0.556. The van der Waals surface area contributed by atoms with E-state index in [4.69, 9.17) is 38.3 Å². The Bertz CT molecular complexity index is 1280. The van der Waals surface area contributed by atoms with E-state index < -0.39 is 64.1 Å². The van der Waals surface area contributed by atoms with Crippen molar-refractivity contribution in [3.8, 4) is 0 Å². The van der Waals surface area contributed by atoms with Crippen LogP contribution in [0.5, 0.6) is 0 Å². The maximum atomic E-state index is 14.4. The molecule has 0 aliphatic carbocycles. The topological polar surface area (TPSA) is 125 Å². The van der Waals surface area contributed by atoms with Crippen LogP contribution in [0, 0.1) is 23.7 Å². The van der Waals surface area contributed by atoms with Crippen molar-refractivity contribution in [1.82, 2.24) is 4.90 Å². The predicted octanol–water partition coefficient (Wildman–Crippen LogP) is 3.91. The van der Waals surface area contributed by atoms with E-state index in [0.29, 0.717) is 18.0 Å². The maximum Gasteiger partial charge on any atom is 0.311 e. The lowest BCUT2D eigenvalue weighted by Gasteiger charge is -2.50. The molecule has 14 heteroatoms. The van der Waals surface area contributed by atoms with Crippen molar-refractivity contribution >= 4 is 39.5 Å². The molecule has 5 unspecified atom stereocenters. The van der Waals surface area contributed by atoms with E-state index in [9.17, 15) is 4.79 Å². The van der Waals surface area contributed by atoms with Crippen molar-refractivity contribution in [2.24, 2.45) is 29.4 Å². The van der Waals surface area contributed by atoms with Gasteiger partial charge in [-0.15, -0.1) is 0 Å². The summed E-state index contributed by atoms with van der Waals surface area (Å²) < 4.78 is 49.4. The molecule has 4 saturated heterocycles. The number of amidine groups is 1. The summed E-state index contributed by atoms with van der Waals surface area (Å²) in [5.74, 6) is -1.44. The largest absolute Gasteiger partial charge is 0.459 e. The van der Waals surface area contributed by atoms with E-state index in [-0.39, 0.29) is 48.0 Å². The van der Waals surface area contributed by atoms with Crippen LogP contribution in [0.2, 0.25) is 39.3 Å². The molecule has 0 amide bonds. The molecule has 0 aromatic carbocycles. The van der Waals surface area contributed by atoms with Crippen molar-refractivity contribution in [3.63, 3.8) is 0 Å². The molecule has 1 spiro atoms. The Kier molecular flexibility index (Phi) is 11.6. The lowest BCUT2D eigenvalue weighted by molar-refractivity contribution is -0.528. The number of nitrogens with two attached hydrogens (primary N) is 1. The minimum absolute atomic E-state index is 0.000607. The van der Waals surface area contributed by atoms with Gasteiger partial charge >= 0.3 is 11.1 Å². The third-order valence-electron chi connectivity index (χ3n) is 11.7. The van der Waals surface area contributed by atoms with Gasteiger partial charge in [-0.3, -0.25) is 15.5 Å². The Labute approximate surface area is 308 Å². The number of thioether (sulfide) groups is 1. The van der Waals surface area contributed by atoms with Gasteiger partial charge in [-0.1, -0.05) is 20.8 Å². The quantitative estimate of drug-likeness (QED) is 0.277. The van der Waals surface area contributed by atoms with Crippen LogP contribution in [-0.2, 0) is 37.3 Å². The molecule has 5 aliphatic rings. The second-order valence-electron chi connectivity index (χ2n) is 18.4. The zero-order chi connectivity index (χ0) is 37.4. The molecule has 3 N–H and O–H groups in total. The molecule has 5 rings (SSSR count). The summed E-state index contributed by atoms with van der Waals surface area (Å²) in [6, 6.07) is -0.119. The maximum absolute atomic E-state index is 14.4. The second-order valence-corrected chi connectivity index (χ2v) is 28.4. The first kappa shape index (κ1) is 40.6. The average molecular weight is 759 g/mol. The van der Waals surface area contributed by atoms with E-state index in [1.165, 1.54) is 0 Å². The number of nitrogens with one attached hydrogen (secondary N) is 1. The molecule has 288 valence electrons. The number of likely N-dealkylation sites (N-methyl/N-ethyl adjacent to an activating group) is 1. The molecule has 0 aromatic heterocycles. The van der Waals surface area contributed by atoms with Gasteiger partial charge in [0, 0.05) is 23.6 Å². The average Bonchev–Trinajstić information content (AvgIpc) is 3.39. The molecule has 0 aromatic rings. The van der Waals surface area contributed by atoms with Crippen molar-refractivity contribution in [3.05, 3.63) is 0 Å². The van der Waals surface area contributed by atoms with Crippen molar-refractivity contribution in [2.45, 2.75) is 173 Å². The predicted molar refractivity (Wildman–Crippen MR) is 202 cm³/mol. The smallest absolute Gasteiger partial charge is 0.311 e. The number of carbonyl (C=O) groups excluding carboxylic acids is 1. The van der Waals surface area contributed by atoms with Gasteiger partial charge in [0.25, 0.3) is 0 Å². The molecular weight excluding hydrogens is 691 g/mol. The molecule has 5 aliphatic heterocycles. The van der Waals surface area contributed by atoms with Crippen molar-refractivity contribution < 1.29 is 42.3 Å². The Balaban J connectivity index is 1.67. The second kappa shape index (κ2) is 14.3. The summed E-state index contributed by atoms with van der Waals surface area (Å²) in [6.07, 6.45) is -0.466. The van der Waals surface area contributed by atoms with Crippen LogP contribution >= 0.6 is 11.8 Å². The van der Waals surface area contributed by atoms with E-state index in [0.717, 1.165) is 12.2 Å². The summed E-state index contributed by atoms with van der Waals surface area (Å²) in [5.41, 5.74) is 4.73. The SMILES string of the molecule is CC[C@H]1OC(=O)[C@H](C)[C@@H](O[Si](C)(C)C)[C@H](C)[C@@H](OC2O[C@H](C)C[C@H](N(C)C)[C@H]2O[Si](C)(C)C)[C@@]2(C)C[C@@H](C)C3(OC1(C)C1[NH+]=C(N)SCC13)O2. The Morgan fingerprint density at radius 1 is 1.00 bits per heavy atom. The van der Waals surface area contributed by atoms with Crippen molar-refractivity contribution in [1.29, 1.82) is 0 Å². The van der Waals surface area contributed by atoms with Crippen LogP contribution in [0.4, 0.5) is 0 Å². The third-order valence-corrected chi connectivity index (χ3v) is 14.6. The lowest BCUT2D eigenvalue weighted by atomic mass is 9.76. The van der Waals surface area contributed by atoms with Crippen LogP contribution in [0.25, 0.3) is 0 Å². The van der Waals surface area contributed by atoms with Gasteiger partial charge in [-0.2, -0.15) is 0 Å². The fraction of sp³-hybridized carbons (Fsp3) is 0.944. The molecule has 15 atom stereocenters. The van der Waals surface area contributed by atoms with E-state index in [2.05, 4.69) is 97.9 Å². The first-order chi connectivity index (χ1) is 22.9. The monoisotopic (exact) mass is 758 g/mol. The van der Waals surface area contributed by atoms with Gasteiger partial charge in [-0.25, -0.2) is 0 Å². The van der Waals surface area contributed by atoms with Gasteiger partial charge in [0.2, 0.25) is 0 Å². The Morgan fingerprint density at radius 2 is 1.62 bits per heavy atom. The highest BCUT2D eigenvalue weighted by Crippen LogP contribution is 2.59. The van der Waals surface area contributed by atoms with Gasteiger partial charge in [0.05, 0.1) is 35.7 Å². The normalized spacial score (nSPS) is 47.3. The van der Waals surface area contributed by atoms with Gasteiger partial charge < -0.3 is 37.4 Å². The minimum atomic E-state index is -2.18. The summed E-state index contributed by atoms with van der Waals surface area (Å²) in [6.45, 7) is 27.8. The number of fused-ring (bicyclic) bond motifs is 4. The molecule has 0 radical (unpaired) electrons. The first-order valence-electron chi connectivity index (χ1n) is 18.9. The zero-order valence-electron chi connectivity index (χ0n) is 33.5. The van der Waals surface area contributed by atoms with Crippen LogP contribution in [0.1, 0.15) is 67.7 Å². The minimum Gasteiger partial charge on any atom is -0.459 e. The van der Waals surface area contributed by atoms with Gasteiger partial charge in [0.15, 0.2) is 28.7 Å². The van der Waals surface area contributed by atoms with Crippen LogP contribution < -0.4 is 10.7 Å². The summed E-state index contributed by atoms with van der Waals surface area (Å²) in [7, 11) is -0.00235.